The maximum Gasteiger partial charge on any atom is 0.157 e. The summed E-state index contributed by atoms with van der Waals surface area (Å²) in [4.78, 5) is 0. The Bertz CT molecular complexity index is 794. The van der Waals surface area contributed by atoms with Gasteiger partial charge >= 0.3 is 0 Å². The molecule has 1 saturated heterocycles. The van der Waals surface area contributed by atoms with E-state index in [0.717, 1.165) is 49.0 Å². The number of halogens is 1. The highest BCUT2D eigenvalue weighted by molar-refractivity contribution is 5.63. The quantitative estimate of drug-likeness (QED) is 0.563. The zero-order valence-corrected chi connectivity index (χ0v) is 16.3. The summed E-state index contributed by atoms with van der Waals surface area (Å²) in [5.74, 6) is 5.75. The Balaban J connectivity index is 1.50. The average molecular weight is 382 g/mol. The van der Waals surface area contributed by atoms with Gasteiger partial charge in [0.1, 0.15) is 11.4 Å². The molecule has 3 rings (SSSR count). The molecule has 0 aromatic heterocycles. The fourth-order valence-corrected chi connectivity index (χ4v) is 3.15. The summed E-state index contributed by atoms with van der Waals surface area (Å²) >= 11 is 0. The fourth-order valence-electron chi connectivity index (χ4n) is 3.15. The van der Waals surface area contributed by atoms with Gasteiger partial charge in [0, 0.05) is 13.0 Å². The van der Waals surface area contributed by atoms with Crippen LogP contribution in [0.25, 0.3) is 11.1 Å². The average Bonchev–Trinajstić information content (AvgIpc) is 2.72. The summed E-state index contributed by atoms with van der Waals surface area (Å²) in [6, 6.07) is 13.9. The van der Waals surface area contributed by atoms with Crippen LogP contribution in [0.2, 0.25) is 0 Å². The lowest BCUT2D eigenvalue weighted by Crippen LogP contribution is -2.22. The van der Waals surface area contributed by atoms with Gasteiger partial charge in [0.05, 0.1) is 6.61 Å². The Morgan fingerprint density at radius 2 is 1.79 bits per heavy atom. The third-order valence-corrected chi connectivity index (χ3v) is 4.84. The standard InChI is InChI=1S/C24H27FO3/c1-24(26,16-4-2-5-17-27-23-7-3-6-18-28-23)21-12-8-19(9-13-21)20-10-14-22(25)15-11-20/h8-15,23,26H,2-3,5-7,17-18H2,1H3. The van der Waals surface area contributed by atoms with Crippen LogP contribution in [0.15, 0.2) is 48.5 Å². The molecule has 28 heavy (non-hydrogen) atoms. The molecule has 0 bridgehead atoms. The number of benzene rings is 2. The summed E-state index contributed by atoms with van der Waals surface area (Å²) in [6.07, 6.45) is 4.65. The van der Waals surface area contributed by atoms with Crippen LogP contribution in [0.3, 0.4) is 0 Å². The first-order valence-corrected chi connectivity index (χ1v) is 9.87. The molecule has 0 spiro atoms. The molecule has 1 aliphatic rings. The molecule has 4 heteroatoms. The lowest BCUT2D eigenvalue weighted by Gasteiger charge is -2.22. The molecular formula is C24H27FO3. The van der Waals surface area contributed by atoms with Crippen LogP contribution < -0.4 is 0 Å². The highest BCUT2D eigenvalue weighted by Gasteiger charge is 2.19. The van der Waals surface area contributed by atoms with Crippen molar-refractivity contribution in [3.05, 3.63) is 59.9 Å². The summed E-state index contributed by atoms with van der Waals surface area (Å²) in [7, 11) is 0. The number of rotatable bonds is 6. The summed E-state index contributed by atoms with van der Waals surface area (Å²) < 4.78 is 24.3. The van der Waals surface area contributed by atoms with Crippen molar-refractivity contribution in [3.8, 4) is 23.0 Å². The molecule has 2 atom stereocenters. The van der Waals surface area contributed by atoms with Crippen molar-refractivity contribution in [2.75, 3.05) is 13.2 Å². The Hall–Kier alpha value is -2.19. The van der Waals surface area contributed by atoms with E-state index < -0.39 is 5.60 Å². The van der Waals surface area contributed by atoms with Gasteiger partial charge in [-0.1, -0.05) is 48.2 Å². The van der Waals surface area contributed by atoms with Gasteiger partial charge in [-0.15, -0.1) is 0 Å². The second-order valence-electron chi connectivity index (χ2n) is 7.23. The van der Waals surface area contributed by atoms with Crippen LogP contribution >= 0.6 is 0 Å². The Kier molecular flexibility index (Phi) is 7.22. The minimum Gasteiger partial charge on any atom is -0.374 e. The normalized spacial score (nSPS) is 18.8. The van der Waals surface area contributed by atoms with E-state index in [2.05, 4.69) is 11.8 Å². The zero-order chi connectivity index (χ0) is 19.8. The fraction of sp³-hybridized carbons (Fsp3) is 0.417. The topological polar surface area (TPSA) is 38.7 Å². The predicted octanol–water partition coefficient (Wildman–Crippen LogP) is 5.03. The molecule has 2 aromatic carbocycles. The molecule has 3 nitrogen and oxygen atoms in total. The van der Waals surface area contributed by atoms with Gasteiger partial charge in [0.25, 0.3) is 0 Å². The first-order valence-electron chi connectivity index (χ1n) is 9.87. The van der Waals surface area contributed by atoms with Crippen molar-refractivity contribution in [1.82, 2.24) is 0 Å². The van der Waals surface area contributed by atoms with E-state index in [9.17, 15) is 9.50 Å². The van der Waals surface area contributed by atoms with E-state index in [1.54, 1.807) is 19.1 Å². The Morgan fingerprint density at radius 3 is 2.43 bits per heavy atom. The number of hydrogen-bond acceptors (Lipinski definition) is 3. The van der Waals surface area contributed by atoms with Crippen LogP contribution in [-0.4, -0.2) is 24.6 Å². The molecule has 0 amide bonds. The zero-order valence-electron chi connectivity index (χ0n) is 16.3. The van der Waals surface area contributed by atoms with E-state index in [1.807, 2.05) is 24.3 Å². The third-order valence-electron chi connectivity index (χ3n) is 4.84. The molecule has 1 fully saturated rings. The van der Waals surface area contributed by atoms with Crippen molar-refractivity contribution in [3.63, 3.8) is 0 Å². The molecule has 1 N–H and O–H groups in total. The highest BCUT2D eigenvalue weighted by atomic mass is 19.1. The minimum atomic E-state index is -1.21. The van der Waals surface area contributed by atoms with Crippen LogP contribution in [0.4, 0.5) is 4.39 Å². The molecule has 0 saturated carbocycles. The summed E-state index contributed by atoms with van der Waals surface area (Å²) in [5, 5.41) is 10.7. The van der Waals surface area contributed by atoms with Gasteiger partial charge in [0.15, 0.2) is 6.29 Å². The van der Waals surface area contributed by atoms with Crippen molar-refractivity contribution >= 4 is 0 Å². The van der Waals surface area contributed by atoms with Crippen molar-refractivity contribution in [1.29, 1.82) is 0 Å². The lowest BCUT2D eigenvalue weighted by molar-refractivity contribution is -0.162. The highest BCUT2D eigenvalue weighted by Crippen LogP contribution is 2.25. The van der Waals surface area contributed by atoms with Gasteiger partial charge in [-0.2, -0.15) is 0 Å². The molecule has 1 aliphatic heterocycles. The number of ether oxygens (including phenoxy) is 2. The molecule has 0 aliphatic carbocycles. The van der Waals surface area contributed by atoms with Gasteiger partial charge in [-0.05, 0) is 61.4 Å². The van der Waals surface area contributed by atoms with Gasteiger partial charge in [-0.3, -0.25) is 0 Å². The number of aliphatic hydroxyl groups is 1. The molecule has 2 unspecified atom stereocenters. The SMILES string of the molecule is CC(O)(C#CCCCOC1CCCCO1)c1ccc(-c2ccc(F)cc2)cc1. The van der Waals surface area contributed by atoms with Crippen LogP contribution in [-0.2, 0) is 15.1 Å². The van der Waals surface area contributed by atoms with E-state index in [-0.39, 0.29) is 12.1 Å². The smallest absolute Gasteiger partial charge is 0.157 e. The molecule has 148 valence electrons. The van der Waals surface area contributed by atoms with E-state index in [1.165, 1.54) is 12.1 Å². The van der Waals surface area contributed by atoms with E-state index >= 15 is 0 Å². The van der Waals surface area contributed by atoms with E-state index in [4.69, 9.17) is 9.47 Å². The van der Waals surface area contributed by atoms with Crippen molar-refractivity contribution < 1.29 is 19.0 Å². The van der Waals surface area contributed by atoms with Crippen LogP contribution in [0.1, 0.15) is 44.6 Å². The van der Waals surface area contributed by atoms with Crippen molar-refractivity contribution in [2.24, 2.45) is 0 Å². The first kappa shape index (κ1) is 20.5. The third kappa shape index (κ3) is 5.90. The second kappa shape index (κ2) is 9.84. The Labute approximate surface area is 166 Å². The number of unbranched alkanes of at least 4 members (excludes halogenated alkanes) is 1. The monoisotopic (exact) mass is 382 g/mol. The predicted molar refractivity (Wildman–Crippen MR) is 108 cm³/mol. The largest absolute Gasteiger partial charge is 0.374 e. The van der Waals surface area contributed by atoms with Gasteiger partial charge in [0.2, 0.25) is 0 Å². The maximum absolute atomic E-state index is 13.1. The van der Waals surface area contributed by atoms with Crippen LogP contribution in [0, 0.1) is 17.7 Å². The minimum absolute atomic E-state index is 0.0653. The summed E-state index contributed by atoms with van der Waals surface area (Å²) in [5.41, 5.74) is 1.42. The second-order valence-corrected chi connectivity index (χ2v) is 7.23. The van der Waals surface area contributed by atoms with Crippen LogP contribution in [0.5, 0.6) is 0 Å². The van der Waals surface area contributed by atoms with E-state index in [0.29, 0.717) is 13.0 Å². The lowest BCUT2D eigenvalue weighted by atomic mass is 9.94. The summed E-state index contributed by atoms with van der Waals surface area (Å²) in [6.45, 7) is 3.10. The van der Waals surface area contributed by atoms with Crippen molar-refractivity contribution in [2.45, 2.75) is 50.9 Å². The number of hydrogen-bond donors (Lipinski definition) is 1. The first-order chi connectivity index (χ1) is 13.5. The Morgan fingerprint density at radius 1 is 1.11 bits per heavy atom. The van der Waals surface area contributed by atoms with Gasteiger partial charge in [-0.25, -0.2) is 4.39 Å². The van der Waals surface area contributed by atoms with Gasteiger partial charge < -0.3 is 14.6 Å². The maximum atomic E-state index is 13.1. The molecule has 2 aromatic rings. The molecule has 1 heterocycles. The molecule has 0 radical (unpaired) electrons. The molecular weight excluding hydrogens is 355 g/mol.